The van der Waals surface area contributed by atoms with Crippen LogP contribution in [-0.2, 0) is 25.8 Å². The molecule has 2 aliphatic rings. The van der Waals surface area contributed by atoms with E-state index in [1.807, 2.05) is 0 Å². The van der Waals surface area contributed by atoms with Gasteiger partial charge in [-0.25, -0.2) is 8.42 Å². The number of carbonyl (C=O) groups excluding carboxylic acids is 2. The molecule has 0 unspecified atom stereocenters. The lowest BCUT2D eigenvalue weighted by Gasteiger charge is -2.30. The van der Waals surface area contributed by atoms with Crippen molar-refractivity contribution in [3.8, 4) is 0 Å². The van der Waals surface area contributed by atoms with Crippen molar-refractivity contribution in [1.82, 2.24) is 14.9 Å². The van der Waals surface area contributed by atoms with Crippen LogP contribution in [-0.4, -0.2) is 50.2 Å². The van der Waals surface area contributed by atoms with Gasteiger partial charge in [0.1, 0.15) is 0 Å². The molecule has 2 amide bonds. The van der Waals surface area contributed by atoms with Gasteiger partial charge in [0.15, 0.2) is 0 Å². The molecule has 1 aromatic carbocycles. The van der Waals surface area contributed by atoms with Gasteiger partial charge in [-0.15, -0.1) is 0 Å². The molecular weight excluding hydrogens is 459 g/mol. The molecule has 184 valence electrons. The highest BCUT2D eigenvalue weighted by atomic mass is 32.2. The Morgan fingerprint density at radius 3 is 2.33 bits per heavy atom. The molecule has 1 aliphatic heterocycles. The SMILES string of the molecule is O=C(CCNC(=O)C1CCN(S(=O)(=O)c2cccc(C(F)(F)F)c2)CC1)NC1CCCCC1. The zero-order valence-electron chi connectivity index (χ0n) is 18.4. The van der Waals surface area contributed by atoms with Crippen LogP contribution < -0.4 is 10.6 Å². The average Bonchev–Trinajstić information content (AvgIpc) is 2.79. The Kier molecular flexibility index (Phi) is 8.38. The molecule has 11 heteroatoms. The Labute approximate surface area is 192 Å². The summed E-state index contributed by atoms with van der Waals surface area (Å²) in [4.78, 5) is 24.0. The minimum absolute atomic E-state index is 0.0405. The number of rotatable bonds is 7. The fourth-order valence-corrected chi connectivity index (χ4v) is 5.85. The van der Waals surface area contributed by atoms with E-state index in [1.165, 1.54) is 6.42 Å². The van der Waals surface area contributed by atoms with Gasteiger partial charge in [-0.05, 0) is 43.9 Å². The molecule has 1 aliphatic carbocycles. The van der Waals surface area contributed by atoms with Crippen LogP contribution in [0.15, 0.2) is 29.2 Å². The predicted octanol–water partition coefficient (Wildman–Crippen LogP) is 3.06. The molecule has 0 aromatic heterocycles. The van der Waals surface area contributed by atoms with Crippen LogP contribution in [0.1, 0.15) is 56.9 Å². The Hall–Kier alpha value is -2.14. The standard InChI is InChI=1S/C22H30F3N3O4S/c23-22(24,25)17-5-4-8-19(15-17)33(31,32)28-13-10-16(11-14-28)21(30)26-12-9-20(29)27-18-6-2-1-3-7-18/h4-5,8,15-16,18H,1-3,6-7,9-14H2,(H,26,30)(H,27,29). The smallest absolute Gasteiger partial charge is 0.355 e. The molecule has 2 N–H and O–H groups in total. The van der Waals surface area contributed by atoms with Gasteiger partial charge in [0.25, 0.3) is 0 Å². The van der Waals surface area contributed by atoms with Gasteiger partial charge in [0.05, 0.1) is 10.5 Å². The summed E-state index contributed by atoms with van der Waals surface area (Å²) in [6, 6.07) is 3.88. The number of benzene rings is 1. The molecule has 1 heterocycles. The van der Waals surface area contributed by atoms with Crippen LogP contribution in [0.2, 0.25) is 0 Å². The average molecular weight is 490 g/mol. The molecule has 0 bridgehead atoms. The Balaban J connectivity index is 1.45. The molecule has 1 saturated carbocycles. The quantitative estimate of drug-likeness (QED) is 0.616. The van der Waals surface area contributed by atoms with E-state index in [2.05, 4.69) is 10.6 Å². The number of alkyl halides is 3. The Morgan fingerprint density at radius 1 is 1.03 bits per heavy atom. The zero-order chi connectivity index (χ0) is 24.1. The second kappa shape index (κ2) is 10.9. The van der Waals surface area contributed by atoms with Gasteiger partial charge in [0, 0.05) is 38.0 Å². The number of carbonyl (C=O) groups is 2. The van der Waals surface area contributed by atoms with E-state index in [9.17, 15) is 31.2 Å². The van der Waals surface area contributed by atoms with Crippen LogP contribution in [0.25, 0.3) is 0 Å². The van der Waals surface area contributed by atoms with Gasteiger partial charge in [0.2, 0.25) is 21.8 Å². The molecule has 3 rings (SSSR count). The summed E-state index contributed by atoms with van der Waals surface area (Å²) in [5.74, 6) is -0.736. The third kappa shape index (κ3) is 6.92. The van der Waals surface area contributed by atoms with Crippen molar-refractivity contribution in [2.24, 2.45) is 5.92 Å². The van der Waals surface area contributed by atoms with Gasteiger partial charge in [-0.2, -0.15) is 17.5 Å². The second-order valence-electron chi connectivity index (χ2n) is 8.65. The largest absolute Gasteiger partial charge is 0.416 e. The Morgan fingerprint density at radius 2 is 1.70 bits per heavy atom. The van der Waals surface area contributed by atoms with E-state index in [4.69, 9.17) is 0 Å². The molecular formula is C22H30F3N3O4S. The molecule has 0 radical (unpaired) electrons. The van der Waals surface area contributed by atoms with E-state index in [0.29, 0.717) is 6.07 Å². The number of hydrogen-bond donors (Lipinski definition) is 2. The maximum atomic E-state index is 12.9. The van der Waals surface area contributed by atoms with Crippen LogP contribution in [0.3, 0.4) is 0 Å². The van der Waals surface area contributed by atoms with E-state index in [-0.39, 0.29) is 56.8 Å². The zero-order valence-corrected chi connectivity index (χ0v) is 19.2. The van der Waals surface area contributed by atoms with Crippen LogP contribution in [0.5, 0.6) is 0 Å². The third-order valence-corrected chi connectivity index (χ3v) is 8.14. The monoisotopic (exact) mass is 489 g/mol. The molecule has 2 fully saturated rings. The molecule has 0 atom stereocenters. The first-order chi connectivity index (χ1) is 15.6. The minimum Gasteiger partial charge on any atom is -0.355 e. The topological polar surface area (TPSA) is 95.6 Å². The van der Waals surface area contributed by atoms with Gasteiger partial charge in [-0.1, -0.05) is 25.3 Å². The van der Waals surface area contributed by atoms with E-state index in [0.717, 1.165) is 48.2 Å². The molecule has 33 heavy (non-hydrogen) atoms. The lowest BCUT2D eigenvalue weighted by molar-refractivity contribution is -0.137. The van der Waals surface area contributed by atoms with Crippen molar-refractivity contribution in [2.75, 3.05) is 19.6 Å². The number of nitrogens with zero attached hydrogens (tertiary/aromatic N) is 1. The summed E-state index contributed by atoms with van der Waals surface area (Å²) >= 11 is 0. The van der Waals surface area contributed by atoms with Gasteiger partial charge in [-0.3, -0.25) is 9.59 Å². The molecule has 7 nitrogen and oxygen atoms in total. The number of hydrogen-bond acceptors (Lipinski definition) is 4. The fourth-order valence-electron chi connectivity index (χ4n) is 4.33. The highest BCUT2D eigenvalue weighted by molar-refractivity contribution is 7.89. The second-order valence-corrected chi connectivity index (χ2v) is 10.6. The van der Waals surface area contributed by atoms with Crippen molar-refractivity contribution in [3.05, 3.63) is 29.8 Å². The predicted molar refractivity (Wildman–Crippen MR) is 116 cm³/mol. The summed E-state index contributed by atoms with van der Waals surface area (Å²) in [6.07, 6.45) is 1.47. The summed E-state index contributed by atoms with van der Waals surface area (Å²) in [5.41, 5.74) is -1.02. The summed E-state index contributed by atoms with van der Waals surface area (Å²) in [5, 5.41) is 5.73. The molecule has 1 aromatic rings. The molecule has 1 saturated heterocycles. The lowest BCUT2D eigenvalue weighted by atomic mass is 9.95. The first kappa shape index (κ1) is 25.5. The highest BCUT2D eigenvalue weighted by Gasteiger charge is 2.35. The van der Waals surface area contributed by atoms with Crippen LogP contribution in [0.4, 0.5) is 13.2 Å². The van der Waals surface area contributed by atoms with Crippen LogP contribution >= 0.6 is 0 Å². The van der Waals surface area contributed by atoms with E-state index >= 15 is 0 Å². The molecule has 0 spiro atoms. The normalized spacial score (nSPS) is 19.2. The van der Waals surface area contributed by atoms with Crippen molar-refractivity contribution in [2.45, 2.75) is 68.5 Å². The van der Waals surface area contributed by atoms with Crippen molar-refractivity contribution < 1.29 is 31.2 Å². The lowest BCUT2D eigenvalue weighted by Crippen LogP contribution is -2.44. The first-order valence-electron chi connectivity index (χ1n) is 11.3. The van der Waals surface area contributed by atoms with Crippen molar-refractivity contribution in [3.63, 3.8) is 0 Å². The van der Waals surface area contributed by atoms with Crippen LogP contribution in [0, 0.1) is 5.92 Å². The van der Waals surface area contributed by atoms with Crippen molar-refractivity contribution >= 4 is 21.8 Å². The highest BCUT2D eigenvalue weighted by Crippen LogP contribution is 2.32. The van der Waals surface area contributed by atoms with E-state index in [1.54, 1.807) is 0 Å². The maximum absolute atomic E-state index is 12.9. The van der Waals surface area contributed by atoms with Gasteiger partial charge < -0.3 is 10.6 Å². The Bertz CT molecular complexity index is 938. The number of amides is 2. The minimum atomic E-state index is -4.64. The summed E-state index contributed by atoms with van der Waals surface area (Å²) < 4.78 is 65.4. The van der Waals surface area contributed by atoms with Crippen molar-refractivity contribution in [1.29, 1.82) is 0 Å². The third-order valence-electron chi connectivity index (χ3n) is 6.25. The summed E-state index contributed by atoms with van der Waals surface area (Å²) in [6.45, 7) is 0.289. The summed E-state index contributed by atoms with van der Waals surface area (Å²) in [7, 11) is -4.09. The maximum Gasteiger partial charge on any atom is 0.416 e. The fraction of sp³-hybridized carbons (Fsp3) is 0.636. The number of piperidine rings is 1. The van der Waals surface area contributed by atoms with Gasteiger partial charge >= 0.3 is 6.18 Å². The number of sulfonamides is 1. The van der Waals surface area contributed by atoms with E-state index < -0.39 is 32.6 Å². The first-order valence-corrected chi connectivity index (χ1v) is 12.8. The number of halogens is 3. The number of nitrogens with one attached hydrogen (secondary N) is 2.